The summed E-state index contributed by atoms with van der Waals surface area (Å²) in [6.07, 6.45) is 3.15. The molecular weight excluding hydrogens is 246 g/mol. The van der Waals surface area contributed by atoms with E-state index in [1.54, 1.807) is 26.0 Å². The highest BCUT2D eigenvalue weighted by Gasteiger charge is 2.10. The molecule has 0 radical (unpaired) electrons. The molecule has 0 saturated heterocycles. The van der Waals surface area contributed by atoms with Crippen molar-refractivity contribution in [3.8, 4) is 0 Å². The van der Waals surface area contributed by atoms with E-state index in [1.807, 2.05) is 0 Å². The van der Waals surface area contributed by atoms with Crippen molar-refractivity contribution >= 4 is 17.5 Å². The van der Waals surface area contributed by atoms with Crippen LogP contribution in [-0.2, 0) is 4.79 Å². The van der Waals surface area contributed by atoms with E-state index < -0.39 is 0 Å². The van der Waals surface area contributed by atoms with Crippen LogP contribution >= 0.6 is 0 Å². The summed E-state index contributed by atoms with van der Waals surface area (Å²) in [5, 5.41) is 6.48. The summed E-state index contributed by atoms with van der Waals surface area (Å²) in [7, 11) is 0. The Hall–Kier alpha value is -2.37. The number of rotatable bonds is 6. The molecule has 102 valence electrons. The second-order valence-corrected chi connectivity index (χ2v) is 3.95. The van der Waals surface area contributed by atoms with E-state index in [9.17, 15) is 9.59 Å². The zero-order chi connectivity index (χ0) is 14.3. The van der Waals surface area contributed by atoms with Gasteiger partial charge in [-0.25, -0.2) is 5.43 Å². The molecule has 0 aliphatic heterocycles. The van der Waals surface area contributed by atoms with Gasteiger partial charge < -0.3 is 9.73 Å². The van der Waals surface area contributed by atoms with Gasteiger partial charge in [-0.05, 0) is 19.9 Å². The van der Waals surface area contributed by atoms with Crippen molar-refractivity contribution < 1.29 is 14.0 Å². The number of carbonyl (C=O) groups is 2. The predicted octanol–water partition coefficient (Wildman–Crippen LogP) is 1.39. The molecule has 0 aromatic carbocycles. The Morgan fingerprint density at radius 1 is 1.53 bits per heavy atom. The molecule has 0 fully saturated rings. The van der Waals surface area contributed by atoms with Gasteiger partial charge in [0.1, 0.15) is 5.76 Å². The summed E-state index contributed by atoms with van der Waals surface area (Å²) in [5.74, 6) is -0.0129. The van der Waals surface area contributed by atoms with Crippen molar-refractivity contribution in [3.05, 3.63) is 36.3 Å². The number of aryl methyl sites for hydroxylation is 1. The summed E-state index contributed by atoms with van der Waals surface area (Å²) in [5.41, 5.74) is 3.31. The van der Waals surface area contributed by atoms with Gasteiger partial charge in [-0.1, -0.05) is 6.08 Å². The number of hydrogen-bond acceptors (Lipinski definition) is 4. The molecule has 1 aromatic heterocycles. The van der Waals surface area contributed by atoms with Crippen LogP contribution in [0.5, 0.6) is 0 Å². The molecule has 0 saturated carbocycles. The van der Waals surface area contributed by atoms with Gasteiger partial charge in [0.25, 0.3) is 5.91 Å². The first-order valence-electron chi connectivity index (χ1n) is 5.79. The van der Waals surface area contributed by atoms with Crippen LogP contribution in [0, 0.1) is 6.92 Å². The maximum absolute atomic E-state index is 11.7. The van der Waals surface area contributed by atoms with Crippen LogP contribution in [0.4, 0.5) is 0 Å². The van der Waals surface area contributed by atoms with Crippen LogP contribution in [0.15, 0.2) is 34.5 Å². The van der Waals surface area contributed by atoms with E-state index in [-0.39, 0.29) is 18.2 Å². The van der Waals surface area contributed by atoms with Gasteiger partial charge in [0.2, 0.25) is 5.91 Å². The molecule has 2 amide bonds. The van der Waals surface area contributed by atoms with Crippen LogP contribution in [0.3, 0.4) is 0 Å². The highest BCUT2D eigenvalue weighted by molar-refractivity contribution is 6.01. The third-order valence-corrected chi connectivity index (χ3v) is 2.31. The second-order valence-electron chi connectivity index (χ2n) is 3.95. The second kappa shape index (κ2) is 7.15. The summed E-state index contributed by atoms with van der Waals surface area (Å²) in [6.45, 7) is 7.26. The fraction of sp³-hybridized carbons (Fsp3) is 0.308. The minimum atomic E-state index is -0.364. The monoisotopic (exact) mass is 263 g/mol. The van der Waals surface area contributed by atoms with E-state index in [4.69, 9.17) is 4.42 Å². The van der Waals surface area contributed by atoms with Gasteiger partial charge >= 0.3 is 0 Å². The zero-order valence-electron chi connectivity index (χ0n) is 11.0. The minimum absolute atomic E-state index is 0.124. The van der Waals surface area contributed by atoms with Gasteiger partial charge in [-0.3, -0.25) is 9.59 Å². The van der Waals surface area contributed by atoms with E-state index in [2.05, 4.69) is 22.4 Å². The van der Waals surface area contributed by atoms with Crippen molar-refractivity contribution in [1.29, 1.82) is 0 Å². The lowest BCUT2D eigenvalue weighted by atomic mass is 10.2. The number of hydrazone groups is 1. The van der Waals surface area contributed by atoms with Crippen molar-refractivity contribution in [2.24, 2.45) is 5.10 Å². The maximum Gasteiger partial charge on any atom is 0.274 e. The minimum Gasteiger partial charge on any atom is -0.469 e. The van der Waals surface area contributed by atoms with Crippen LogP contribution in [0.1, 0.15) is 29.5 Å². The largest absolute Gasteiger partial charge is 0.469 e. The number of carbonyl (C=O) groups excluding carboxylic acids is 2. The molecule has 1 rings (SSSR count). The van der Waals surface area contributed by atoms with Crippen molar-refractivity contribution in [2.75, 3.05) is 6.54 Å². The Morgan fingerprint density at radius 3 is 2.84 bits per heavy atom. The van der Waals surface area contributed by atoms with E-state index in [0.717, 1.165) is 0 Å². The topological polar surface area (TPSA) is 83.7 Å². The Labute approximate surface area is 111 Å². The molecule has 0 spiro atoms. The fourth-order valence-electron chi connectivity index (χ4n) is 1.35. The molecule has 6 heteroatoms. The standard InChI is InChI=1S/C13H17N3O3/c1-4-6-14-12(17)8-9(2)15-16-13(18)11-5-7-19-10(11)3/h4-5,7H,1,6,8H2,2-3H3,(H,14,17)(H,16,18)/b15-9-. The van der Waals surface area contributed by atoms with Gasteiger partial charge in [0.05, 0.1) is 18.2 Å². The third kappa shape index (κ3) is 4.79. The SMILES string of the molecule is C=CCNC(=O)C/C(C)=N\NC(=O)c1ccoc1C. The first-order chi connectivity index (χ1) is 9.04. The first-order valence-corrected chi connectivity index (χ1v) is 5.79. The smallest absolute Gasteiger partial charge is 0.274 e. The summed E-state index contributed by atoms with van der Waals surface area (Å²) in [4.78, 5) is 23.1. The molecule has 2 N–H and O–H groups in total. The molecule has 0 bridgehead atoms. The Morgan fingerprint density at radius 2 is 2.26 bits per heavy atom. The normalized spacial score (nSPS) is 10.9. The molecule has 6 nitrogen and oxygen atoms in total. The predicted molar refractivity (Wildman–Crippen MR) is 71.8 cm³/mol. The van der Waals surface area contributed by atoms with E-state index in [1.165, 1.54) is 6.26 Å². The van der Waals surface area contributed by atoms with Crippen molar-refractivity contribution in [2.45, 2.75) is 20.3 Å². The molecule has 0 unspecified atom stereocenters. The summed E-state index contributed by atoms with van der Waals surface area (Å²) < 4.78 is 5.02. The van der Waals surface area contributed by atoms with E-state index >= 15 is 0 Å². The molecule has 0 aliphatic rings. The lowest BCUT2D eigenvalue weighted by molar-refractivity contribution is -0.119. The third-order valence-electron chi connectivity index (χ3n) is 2.31. The van der Waals surface area contributed by atoms with Crippen molar-refractivity contribution in [3.63, 3.8) is 0 Å². The van der Waals surface area contributed by atoms with Gasteiger partial charge in [-0.2, -0.15) is 5.10 Å². The Bertz CT molecular complexity index is 503. The Kier molecular flexibility index (Phi) is 5.53. The lowest BCUT2D eigenvalue weighted by Gasteiger charge is -2.03. The van der Waals surface area contributed by atoms with Gasteiger partial charge in [0, 0.05) is 12.3 Å². The highest BCUT2D eigenvalue weighted by atomic mass is 16.3. The maximum atomic E-state index is 11.7. The average Bonchev–Trinajstić information content (AvgIpc) is 2.79. The van der Waals surface area contributed by atoms with Crippen LogP contribution in [0.25, 0.3) is 0 Å². The zero-order valence-corrected chi connectivity index (χ0v) is 11.0. The Balaban J connectivity index is 2.47. The number of furan rings is 1. The fourth-order valence-corrected chi connectivity index (χ4v) is 1.35. The number of hydrogen-bond donors (Lipinski definition) is 2. The molecule has 0 atom stereocenters. The van der Waals surface area contributed by atoms with Crippen molar-refractivity contribution in [1.82, 2.24) is 10.7 Å². The van der Waals surface area contributed by atoms with Gasteiger partial charge in [0.15, 0.2) is 0 Å². The van der Waals surface area contributed by atoms with Crippen LogP contribution in [-0.4, -0.2) is 24.1 Å². The van der Waals surface area contributed by atoms with Gasteiger partial charge in [-0.15, -0.1) is 6.58 Å². The summed E-state index contributed by atoms with van der Waals surface area (Å²) >= 11 is 0. The molecular formula is C13H17N3O3. The van der Waals surface area contributed by atoms with Crippen LogP contribution < -0.4 is 10.7 Å². The molecule has 1 heterocycles. The molecule has 19 heavy (non-hydrogen) atoms. The highest BCUT2D eigenvalue weighted by Crippen LogP contribution is 2.07. The number of nitrogens with zero attached hydrogens (tertiary/aromatic N) is 1. The lowest BCUT2D eigenvalue weighted by Crippen LogP contribution is -2.26. The van der Waals surface area contributed by atoms with E-state index in [0.29, 0.717) is 23.6 Å². The quantitative estimate of drug-likeness (QED) is 0.462. The summed E-state index contributed by atoms with van der Waals surface area (Å²) in [6, 6.07) is 1.56. The molecule has 1 aromatic rings. The number of nitrogens with one attached hydrogen (secondary N) is 2. The average molecular weight is 263 g/mol. The first kappa shape index (κ1) is 14.7. The van der Waals surface area contributed by atoms with Crippen LogP contribution in [0.2, 0.25) is 0 Å². The number of amides is 2. The molecule has 0 aliphatic carbocycles.